The third-order valence-corrected chi connectivity index (χ3v) is 3.91. The fourth-order valence-electron chi connectivity index (χ4n) is 2.14. The second-order valence-electron chi connectivity index (χ2n) is 5.47. The summed E-state index contributed by atoms with van der Waals surface area (Å²) in [7, 11) is 3.31. The van der Waals surface area contributed by atoms with Crippen LogP contribution in [-0.4, -0.2) is 20.0 Å². The van der Waals surface area contributed by atoms with Crippen molar-refractivity contribution in [3.8, 4) is 0 Å². The first-order valence-electron chi connectivity index (χ1n) is 7.09. The van der Waals surface area contributed by atoms with Crippen LogP contribution in [0.2, 0.25) is 0 Å². The Morgan fingerprint density at radius 1 is 1.12 bits per heavy atom. The van der Waals surface area contributed by atoms with Gasteiger partial charge in [-0.1, -0.05) is 28.1 Å². The molecule has 0 radical (unpaired) electrons. The minimum Gasteiger partial charge on any atom is -0.378 e. The Morgan fingerprint density at radius 2 is 1.75 bits per heavy atom. The Hall–Kier alpha value is -2.02. The number of nitrogens with one attached hydrogen (secondary N) is 1. The van der Waals surface area contributed by atoms with Gasteiger partial charge in [0.1, 0.15) is 0 Å². The maximum absolute atomic E-state index is 13.2. The quantitative estimate of drug-likeness (QED) is 0.805. The number of halogens is 4. The van der Waals surface area contributed by atoms with Crippen LogP contribution >= 0.6 is 15.9 Å². The van der Waals surface area contributed by atoms with Gasteiger partial charge >= 0.3 is 6.18 Å². The van der Waals surface area contributed by atoms with Crippen LogP contribution in [0, 0.1) is 0 Å². The SMILES string of the molecule is CN(C)c1ccc(NC(=O)Cc2ccc(Br)cc2)c(C(F)(F)F)c1. The zero-order valence-electron chi connectivity index (χ0n) is 13.1. The summed E-state index contributed by atoms with van der Waals surface area (Å²) in [5.41, 5.74) is 0.0236. The predicted octanol–water partition coefficient (Wildman–Crippen LogP) is 4.72. The van der Waals surface area contributed by atoms with E-state index >= 15 is 0 Å². The lowest BCUT2D eigenvalue weighted by molar-refractivity contribution is -0.136. The highest BCUT2D eigenvalue weighted by Gasteiger charge is 2.34. The van der Waals surface area contributed by atoms with Gasteiger partial charge in [-0.15, -0.1) is 0 Å². The molecule has 0 aromatic heterocycles. The van der Waals surface area contributed by atoms with Gasteiger partial charge in [0.25, 0.3) is 0 Å². The van der Waals surface area contributed by atoms with Gasteiger partial charge in [-0.3, -0.25) is 4.79 Å². The van der Waals surface area contributed by atoms with Crippen molar-refractivity contribution in [3.05, 3.63) is 58.1 Å². The number of nitrogens with zero attached hydrogens (tertiary/aromatic N) is 1. The highest BCUT2D eigenvalue weighted by atomic mass is 79.9. The van der Waals surface area contributed by atoms with Crippen molar-refractivity contribution in [1.29, 1.82) is 0 Å². The van der Waals surface area contributed by atoms with Crippen LogP contribution in [0.1, 0.15) is 11.1 Å². The Balaban J connectivity index is 2.21. The molecule has 0 bridgehead atoms. The summed E-state index contributed by atoms with van der Waals surface area (Å²) in [4.78, 5) is 13.6. The summed E-state index contributed by atoms with van der Waals surface area (Å²) in [6.45, 7) is 0. The molecule has 0 unspecified atom stereocenters. The number of hydrogen-bond donors (Lipinski definition) is 1. The number of carbonyl (C=O) groups is 1. The van der Waals surface area contributed by atoms with Crippen LogP contribution in [0.4, 0.5) is 24.5 Å². The maximum atomic E-state index is 13.2. The Kier molecular flexibility index (Phi) is 5.54. The van der Waals surface area contributed by atoms with Crippen LogP contribution in [0.15, 0.2) is 46.9 Å². The van der Waals surface area contributed by atoms with E-state index in [4.69, 9.17) is 0 Å². The molecule has 0 saturated heterocycles. The van der Waals surface area contributed by atoms with Gasteiger partial charge in [0.05, 0.1) is 17.7 Å². The van der Waals surface area contributed by atoms with Gasteiger partial charge in [-0.05, 0) is 35.9 Å². The molecule has 0 aliphatic carbocycles. The van der Waals surface area contributed by atoms with Gasteiger partial charge in [0, 0.05) is 24.3 Å². The summed E-state index contributed by atoms with van der Waals surface area (Å²) in [5.74, 6) is -0.500. The number of carbonyl (C=O) groups excluding carboxylic acids is 1. The number of anilines is 2. The molecule has 0 aliphatic rings. The fraction of sp³-hybridized carbons (Fsp3) is 0.235. The third-order valence-electron chi connectivity index (χ3n) is 3.38. The van der Waals surface area contributed by atoms with Crippen molar-refractivity contribution in [2.75, 3.05) is 24.3 Å². The molecule has 128 valence electrons. The van der Waals surface area contributed by atoms with Gasteiger partial charge in [-0.25, -0.2) is 0 Å². The minimum absolute atomic E-state index is 0.00000905. The smallest absolute Gasteiger partial charge is 0.378 e. The molecule has 0 fully saturated rings. The molecular formula is C17H16BrF3N2O. The second-order valence-corrected chi connectivity index (χ2v) is 6.39. The lowest BCUT2D eigenvalue weighted by atomic mass is 10.1. The monoisotopic (exact) mass is 400 g/mol. The van der Waals surface area contributed by atoms with E-state index in [0.717, 1.165) is 10.5 Å². The molecule has 2 aromatic carbocycles. The molecule has 0 atom stereocenters. The Morgan fingerprint density at radius 3 is 2.29 bits per heavy atom. The fourth-order valence-corrected chi connectivity index (χ4v) is 2.40. The lowest BCUT2D eigenvalue weighted by Gasteiger charge is -2.18. The van der Waals surface area contributed by atoms with Crippen LogP contribution < -0.4 is 10.2 Å². The van der Waals surface area contributed by atoms with Crippen molar-refractivity contribution >= 4 is 33.2 Å². The van der Waals surface area contributed by atoms with E-state index in [1.54, 1.807) is 43.3 Å². The standard InChI is InChI=1S/C17H16BrF3N2O/c1-23(2)13-7-8-15(14(10-13)17(19,20)21)22-16(24)9-11-3-5-12(18)6-4-11/h3-8,10H,9H2,1-2H3,(H,22,24). The van der Waals surface area contributed by atoms with E-state index in [0.29, 0.717) is 11.3 Å². The lowest BCUT2D eigenvalue weighted by Crippen LogP contribution is -2.19. The molecule has 0 aliphatic heterocycles. The van der Waals surface area contributed by atoms with Crippen molar-refractivity contribution in [2.45, 2.75) is 12.6 Å². The molecule has 0 spiro atoms. The van der Waals surface area contributed by atoms with E-state index in [1.807, 2.05) is 0 Å². The van der Waals surface area contributed by atoms with E-state index in [2.05, 4.69) is 21.2 Å². The molecule has 2 aromatic rings. The van der Waals surface area contributed by atoms with Crippen molar-refractivity contribution in [2.24, 2.45) is 0 Å². The topological polar surface area (TPSA) is 32.3 Å². The largest absolute Gasteiger partial charge is 0.418 e. The first kappa shape index (κ1) is 18.3. The van der Waals surface area contributed by atoms with Crippen molar-refractivity contribution in [1.82, 2.24) is 0 Å². The molecule has 1 N–H and O–H groups in total. The van der Waals surface area contributed by atoms with E-state index < -0.39 is 17.6 Å². The number of hydrogen-bond acceptors (Lipinski definition) is 2. The number of rotatable bonds is 4. The average Bonchev–Trinajstić information content (AvgIpc) is 2.48. The first-order chi connectivity index (χ1) is 11.2. The summed E-state index contributed by atoms with van der Waals surface area (Å²) < 4.78 is 40.6. The summed E-state index contributed by atoms with van der Waals surface area (Å²) >= 11 is 3.29. The molecular weight excluding hydrogens is 385 g/mol. The van der Waals surface area contributed by atoms with Gasteiger partial charge in [-0.2, -0.15) is 13.2 Å². The minimum atomic E-state index is -4.55. The number of alkyl halides is 3. The average molecular weight is 401 g/mol. The van der Waals surface area contributed by atoms with Crippen LogP contribution in [-0.2, 0) is 17.4 Å². The summed E-state index contributed by atoms with van der Waals surface area (Å²) in [6, 6.07) is 10.9. The molecule has 0 saturated carbocycles. The molecule has 24 heavy (non-hydrogen) atoms. The Labute approximate surface area is 146 Å². The normalized spacial score (nSPS) is 11.2. The summed E-state index contributed by atoms with van der Waals surface area (Å²) in [5, 5.41) is 2.36. The summed E-state index contributed by atoms with van der Waals surface area (Å²) in [6.07, 6.45) is -4.55. The van der Waals surface area contributed by atoms with E-state index in [-0.39, 0.29) is 12.1 Å². The maximum Gasteiger partial charge on any atom is 0.418 e. The van der Waals surface area contributed by atoms with Gasteiger partial charge in [0.2, 0.25) is 5.91 Å². The predicted molar refractivity (Wildman–Crippen MR) is 92.2 cm³/mol. The van der Waals surface area contributed by atoms with Gasteiger partial charge < -0.3 is 10.2 Å². The zero-order valence-corrected chi connectivity index (χ0v) is 14.7. The van der Waals surface area contributed by atoms with Gasteiger partial charge in [0.15, 0.2) is 0 Å². The number of benzene rings is 2. The van der Waals surface area contributed by atoms with Crippen LogP contribution in [0.3, 0.4) is 0 Å². The van der Waals surface area contributed by atoms with E-state index in [9.17, 15) is 18.0 Å². The van der Waals surface area contributed by atoms with Crippen LogP contribution in [0.5, 0.6) is 0 Å². The third kappa shape index (κ3) is 4.74. The molecule has 3 nitrogen and oxygen atoms in total. The molecule has 1 amide bonds. The number of amides is 1. The first-order valence-corrected chi connectivity index (χ1v) is 7.89. The second kappa shape index (κ2) is 7.25. The van der Waals surface area contributed by atoms with E-state index in [1.165, 1.54) is 12.1 Å². The van der Waals surface area contributed by atoms with Crippen molar-refractivity contribution in [3.63, 3.8) is 0 Å². The molecule has 0 heterocycles. The Bertz CT molecular complexity index is 728. The molecule has 7 heteroatoms. The highest BCUT2D eigenvalue weighted by Crippen LogP contribution is 2.37. The highest BCUT2D eigenvalue weighted by molar-refractivity contribution is 9.10. The van der Waals surface area contributed by atoms with Crippen LogP contribution in [0.25, 0.3) is 0 Å². The zero-order chi connectivity index (χ0) is 17.9. The molecule has 2 rings (SSSR count). The van der Waals surface area contributed by atoms with Crippen molar-refractivity contribution < 1.29 is 18.0 Å².